The van der Waals surface area contributed by atoms with Crippen molar-refractivity contribution in [3.8, 4) is 11.5 Å². The third-order valence-electron chi connectivity index (χ3n) is 4.66. The normalized spacial score (nSPS) is 15.8. The van der Waals surface area contributed by atoms with E-state index in [1.807, 2.05) is 6.07 Å². The molecule has 0 radical (unpaired) electrons. The first-order chi connectivity index (χ1) is 13.3. The van der Waals surface area contributed by atoms with Gasteiger partial charge in [-0.2, -0.15) is 18.3 Å². The van der Waals surface area contributed by atoms with E-state index in [4.69, 9.17) is 4.42 Å². The van der Waals surface area contributed by atoms with Crippen LogP contribution >= 0.6 is 22.6 Å². The number of rotatable bonds is 5. The number of amides is 1. The summed E-state index contributed by atoms with van der Waals surface area (Å²) in [7, 11) is 0. The van der Waals surface area contributed by atoms with Crippen LogP contribution in [0.3, 0.4) is 0 Å². The van der Waals surface area contributed by atoms with Crippen LogP contribution < -0.4 is 5.32 Å². The molecule has 0 unspecified atom stereocenters. The average molecular weight is 504 g/mol. The Labute approximate surface area is 171 Å². The number of aryl methyl sites for hydroxylation is 1. The van der Waals surface area contributed by atoms with E-state index in [0.717, 1.165) is 11.3 Å². The molecule has 1 saturated carbocycles. The highest BCUT2D eigenvalue weighted by molar-refractivity contribution is 14.1. The number of carbonyl (C=O) groups is 1. The van der Waals surface area contributed by atoms with Gasteiger partial charge in [0.05, 0.1) is 10.6 Å². The van der Waals surface area contributed by atoms with Gasteiger partial charge in [-0.15, -0.1) is 0 Å². The molecular weight excluding hydrogens is 488 g/mol. The molecule has 4 rings (SSSR count). The Balaban J connectivity index is 1.70. The fraction of sp³-hybridized carbons (Fsp3) is 0.389. The first kappa shape index (κ1) is 19.2. The zero-order chi connectivity index (χ0) is 20.1. The van der Waals surface area contributed by atoms with Gasteiger partial charge in [0.15, 0.2) is 17.1 Å². The summed E-state index contributed by atoms with van der Waals surface area (Å²) in [6.45, 7) is 1.79. The molecule has 0 spiro atoms. The predicted octanol–water partition coefficient (Wildman–Crippen LogP) is 4.30. The smallest absolute Gasteiger partial charge is 0.408 e. The minimum Gasteiger partial charge on any atom is -0.459 e. The van der Waals surface area contributed by atoms with Gasteiger partial charge >= 0.3 is 6.18 Å². The number of alkyl halides is 4. The number of fused-ring (bicyclic) bond motifs is 1. The Morgan fingerprint density at radius 2 is 2.18 bits per heavy atom. The summed E-state index contributed by atoms with van der Waals surface area (Å²) in [6, 6.07) is 3.51. The standard InChI is InChI=1S/C18H16F3IN4O2/c1-9-6-12(14-5-4-11(7-22)28-14)25-26-13(8-23-16(9)26)17(27)24-15(10-2-3-10)18(19,20)21/h4-6,8,10,15H,2-3,7H2,1H3,(H,24,27)/t15-/m0/s1. The predicted molar refractivity (Wildman–Crippen MR) is 103 cm³/mol. The second-order valence-electron chi connectivity index (χ2n) is 6.82. The van der Waals surface area contributed by atoms with Crippen molar-refractivity contribution < 1.29 is 22.4 Å². The zero-order valence-corrected chi connectivity index (χ0v) is 16.9. The van der Waals surface area contributed by atoms with Crippen LogP contribution in [-0.4, -0.2) is 32.7 Å². The molecule has 0 aliphatic heterocycles. The van der Waals surface area contributed by atoms with E-state index in [-0.39, 0.29) is 5.69 Å². The molecule has 0 bridgehead atoms. The van der Waals surface area contributed by atoms with Gasteiger partial charge in [0, 0.05) is 0 Å². The van der Waals surface area contributed by atoms with Crippen molar-refractivity contribution in [3.63, 3.8) is 0 Å². The van der Waals surface area contributed by atoms with Crippen LogP contribution in [0.15, 0.2) is 28.8 Å². The zero-order valence-electron chi connectivity index (χ0n) is 14.8. The Bertz CT molecular complexity index is 1040. The second-order valence-corrected chi connectivity index (χ2v) is 7.58. The summed E-state index contributed by atoms with van der Waals surface area (Å²) in [6.07, 6.45) is -2.34. The van der Waals surface area contributed by atoms with Crippen molar-refractivity contribution in [1.82, 2.24) is 19.9 Å². The van der Waals surface area contributed by atoms with Gasteiger partial charge in [0.1, 0.15) is 17.5 Å². The molecule has 1 N–H and O–H groups in total. The second kappa shape index (κ2) is 7.05. The highest BCUT2D eigenvalue weighted by Gasteiger charge is 2.49. The number of hydrogen-bond acceptors (Lipinski definition) is 4. The summed E-state index contributed by atoms with van der Waals surface area (Å²) in [5, 5.41) is 6.50. The van der Waals surface area contributed by atoms with Crippen LogP contribution in [0.5, 0.6) is 0 Å². The third-order valence-corrected chi connectivity index (χ3v) is 5.41. The molecule has 148 valence electrons. The Kier molecular flexibility index (Phi) is 4.84. The van der Waals surface area contributed by atoms with E-state index >= 15 is 0 Å². The van der Waals surface area contributed by atoms with Crippen molar-refractivity contribution in [2.75, 3.05) is 0 Å². The maximum atomic E-state index is 13.2. The van der Waals surface area contributed by atoms with Crippen LogP contribution in [0.4, 0.5) is 13.2 Å². The molecule has 1 amide bonds. The number of furan rings is 1. The lowest BCUT2D eigenvalue weighted by atomic mass is 10.1. The molecule has 3 aromatic rings. The van der Waals surface area contributed by atoms with Crippen LogP contribution in [0.1, 0.15) is 34.7 Å². The number of hydrogen-bond donors (Lipinski definition) is 1. The topological polar surface area (TPSA) is 72.4 Å². The van der Waals surface area contributed by atoms with Crippen LogP contribution in [-0.2, 0) is 4.43 Å². The number of imidazole rings is 1. The number of nitrogens with zero attached hydrogens (tertiary/aromatic N) is 3. The number of nitrogens with one attached hydrogen (secondary N) is 1. The lowest BCUT2D eigenvalue weighted by Crippen LogP contribution is -2.47. The molecule has 1 atom stereocenters. The molecule has 10 heteroatoms. The van der Waals surface area contributed by atoms with E-state index in [9.17, 15) is 18.0 Å². The molecule has 1 aliphatic rings. The maximum Gasteiger partial charge on any atom is 0.408 e. The van der Waals surface area contributed by atoms with Gasteiger partial charge in [-0.1, -0.05) is 22.6 Å². The number of aromatic nitrogens is 3. The minimum absolute atomic E-state index is 0.0458. The van der Waals surface area contributed by atoms with Crippen LogP contribution in [0.25, 0.3) is 17.1 Å². The molecule has 3 heterocycles. The lowest BCUT2D eigenvalue weighted by Gasteiger charge is -2.21. The molecule has 0 aromatic carbocycles. The first-order valence-electron chi connectivity index (χ1n) is 8.66. The molecule has 1 fully saturated rings. The fourth-order valence-electron chi connectivity index (χ4n) is 3.10. The van der Waals surface area contributed by atoms with Crippen LogP contribution in [0, 0.1) is 12.8 Å². The van der Waals surface area contributed by atoms with Gasteiger partial charge in [0.25, 0.3) is 5.91 Å². The molecule has 28 heavy (non-hydrogen) atoms. The molecule has 6 nitrogen and oxygen atoms in total. The Morgan fingerprint density at radius 3 is 2.79 bits per heavy atom. The lowest BCUT2D eigenvalue weighted by molar-refractivity contribution is -0.158. The number of halogens is 4. The summed E-state index contributed by atoms with van der Waals surface area (Å²) in [5.74, 6) is -0.125. The molecule has 1 aliphatic carbocycles. The quantitative estimate of drug-likeness (QED) is 0.416. The van der Waals surface area contributed by atoms with Gasteiger partial charge in [-0.25, -0.2) is 9.50 Å². The average Bonchev–Trinajstić information content (AvgIpc) is 3.18. The highest BCUT2D eigenvalue weighted by atomic mass is 127. The minimum atomic E-state index is -4.49. The van der Waals surface area contributed by atoms with Crippen molar-refractivity contribution in [3.05, 3.63) is 41.4 Å². The maximum absolute atomic E-state index is 13.2. The van der Waals surface area contributed by atoms with E-state index in [1.165, 1.54) is 10.7 Å². The Hall–Kier alpha value is -2.11. The van der Waals surface area contributed by atoms with E-state index in [0.29, 0.717) is 34.4 Å². The van der Waals surface area contributed by atoms with Crippen molar-refractivity contribution >= 4 is 34.1 Å². The highest BCUT2D eigenvalue weighted by Crippen LogP contribution is 2.40. The third kappa shape index (κ3) is 3.61. The molecule has 3 aromatic heterocycles. The van der Waals surface area contributed by atoms with Crippen LogP contribution in [0.2, 0.25) is 0 Å². The SMILES string of the molecule is Cc1cc(-c2ccc(CI)o2)nn2c(C(=O)N[C@@H](C3CC3)C(F)(F)F)cnc12. The van der Waals surface area contributed by atoms with Crippen molar-refractivity contribution in [1.29, 1.82) is 0 Å². The van der Waals surface area contributed by atoms with Gasteiger partial charge in [-0.3, -0.25) is 4.79 Å². The van der Waals surface area contributed by atoms with E-state index < -0.39 is 24.0 Å². The Morgan fingerprint density at radius 1 is 1.43 bits per heavy atom. The largest absolute Gasteiger partial charge is 0.459 e. The van der Waals surface area contributed by atoms with Gasteiger partial charge < -0.3 is 9.73 Å². The summed E-state index contributed by atoms with van der Waals surface area (Å²) in [4.78, 5) is 16.7. The fourth-order valence-corrected chi connectivity index (χ4v) is 3.51. The van der Waals surface area contributed by atoms with Gasteiger partial charge in [-0.05, 0) is 49.4 Å². The summed E-state index contributed by atoms with van der Waals surface area (Å²) >= 11 is 2.17. The number of carbonyl (C=O) groups excluding carboxylic acids is 1. The van der Waals surface area contributed by atoms with Crippen molar-refractivity contribution in [2.24, 2.45) is 5.92 Å². The monoisotopic (exact) mass is 504 g/mol. The van der Waals surface area contributed by atoms with E-state index in [1.54, 1.807) is 19.1 Å². The van der Waals surface area contributed by atoms with Gasteiger partial charge in [0.2, 0.25) is 0 Å². The molecule has 0 saturated heterocycles. The molecular formula is C18H16F3IN4O2. The van der Waals surface area contributed by atoms with E-state index in [2.05, 4.69) is 38.0 Å². The summed E-state index contributed by atoms with van der Waals surface area (Å²) in [5.41, 5.74) is 1.56. The first-order valence-corrected chi connectivity index (χ1v) is 10.2. The van der Waals surface area contributed by atoms with Crippen molar-refractivity contribution in [2.45, 2.75) is 36.4 Å². The summed E-state index contributed by atoms with van der Waals surface area (Å²) < 4.78 is 47.4.